The van der Waals surface area contributed by atoms with Crippen LogP contribution in [0.1, 0.15) is 24.6 Å². The lowest BCUT2D eigenvalue weighted by molar-refractivity contribution is -0.269. The Kier molecular flexibility index (Phi) is 6.03. The Balaban J connectivity index is 1.73. The van der Waals surface area contributed by atoms with Crippen molar-refractivity contribution in [3.8, 4) is 11.1 Å². The first-order valence-electron chi connectivity index (χ1n) is 10.0. The third-order valence-corrected chi connectivity index (χ3v) is 8.46. The molecule has 0 aliphatic carbocycles. The topological polar surface area (TPSA) is 85.1 Å². The van der Waals surface area contributed by atoms with Crippen LogP contribution in [-0.4, -0.2) is 41.0 Å². The molecule has 0 saturated heterocycles. The maximum Gasteiger partial charge on any atom is 0.423 e. The molecule has 0 radical (unpaired) electrons. The summed E-state index contributed by atoms with van der Waals surface area (Å²) in [6.45, 7) is 1.26. The molecule has 0 fully saturated rings. The van der Waals surface area contributed by atoms with Gasteiger partial charge in [-0.3, -0.25) is 0 Å². The van der Waals surface area contributed by atoms with Gasteiger partial charge in [0.05, 0.1) is 12.7 Å². The van der Waals surface area contributed by atoms with Gasteiger partial charge in [-0.05, 0) is 35.7 Å². The Bertz CT molecular complexity index is 1460. The summed E-state index contributed by atoms with van der Waals surface area (Å²) in [6.07, 6.45) is -3.38. The quantitative estimate of drug-likeness (QED) is 0.371. The number of hydrogen-bond donors (Lipinski definition) is 1. The summed E-state index contributed by atoms with van der Waals surface area (Å²) >= 11 is 1.06. The Labute approximate surface area is 196 Å². The summed E-state index contributed by atoms with van der Waals surface area (Å²) in [5, 5.41) is 17.9. The van der Waals surface area contributed by atoms with Gasteiger partial charge in [0.25, 0.3) is 0 Å². The van der Waals surface area contributed by atoms with E-state index in [2.05, 4.69) is 10.3 Å². The van der Waals surface area contributed by atoms with Gasteiger partial charge in [0.2, 0.25) is 5.60 Å². The summed E-state index contributed by atoms with van der Waals surface area (Å²) in [6, 6.07) is 10.6. The van der Waals surface area contributed by atoms with Gasteiger partial charge in [-0.25, -0.2) is 17.5 Å². The number of nitrogens with zero attached hydrogens (tertiary/aromatic N) is 3. The standard InChI is InChI=1S/C22H19F4N3O3S2/c1-3-21(30,22(24,25)26)18-12-29(28-27-18)11-13-4-9-16-17(10-13)33-20(34(2,31)32)19(16)14-5-7-15(23)8-6-14/h4-10,12,30H,3,11H2,1-2H3. The Hall–Kier alpha value is -2.83. The van der Waals surface area contributed by atoms with E-state index in [1.165, 1.54) is 35.9 Å². The molecule has 4 rings (SSSR count). The summed E-state index contributed by atoms with van der Waals surface area (Å²) < 4.78 is 80.1. The van der Waals surface area contributed by atoms with E-state index in [0.717, 1.165) is 23.8 Å². The Morgan fingerprint density at radius 2 is 1.79 bits per heavy atom. The molecule has 0 aliphatic heterocycles. The van der Waals surface area contributed by atoms with Crippen LogP contribution in [0.5, 0.6) is 0 Å². The predicted octanol–water partition coefficient (Wildman–Crippen LogP) is 4.91. The van der Waals surface area contributed by atoms with Gasteiger partial charge < -0.3 is 5.11 Å². The van der Waals surface area contributed by atoms with Crippen LogP contribution < -0.4 is 0 Å². The molecule has 1 unspecified atom stereocenters. The zero-order valence-corrected chi connectivity index (χ0v) is 19.6. The highest BCUT2D eigenvalue weighted by Crippen LogP contribution is 2.42. The van der Waals surface area contributed by atoms with E-state index in [1.807, 2.05) is 0 Å². The highest BCUT2D eigenvalue weighted by Gasteiger charge is 2.55. The number of aromatic nitrogens is 3. The molecular weight excluding hydrogens is 494 g/mol. The molecule has 0 amide bonds. The van der Waals surface area contributed by atoms with Crippen LogP contribution in [0.3, 0.4) is 0 Å². The minimum Gasteiger partial charge on any atom is -0.375 e. The normalized spacial score (nSPS) is 14.4. The van der Waals surface area contributed by atoms with Crippen molar-refractivity contribution in [2.24, 2.45) is 0 Å². The van der Waals surface area contributed by atoms with Crippen molar-refractivity contribution in [3.05, 3.63) is 65.7 Å². The molecule has 34 heavy (non-hydrogen) atoms. The average Bonchev–Trinajstić information content (AvgIpc) is 3.37. The minimum absolute atomic E-state index is 0.0541. The van der Waals surface area contributed by atoms with Crippen LogP contribution in [0.15, 0.2) is 52.9 Å². The molecule has 0 saturated carbocycles. The molecule has 2 aromatic heterocycles. The van der Waals surface area contributed by atoms with Crippen molar-refractivity contribution >= 4 is 31.3 Å². The van der Waals surface area contributed by atoms with Crippen molar-refractivity contribution in [3.63, 3.8) is 0 Å². The molecule has 1 atom stereocenters. The zero-order chi connectivity index (χ0) is 24.9. The molecule has 1 N–H and O–H groups in total. The highest BCUT2D eigenvalue weighted by molar-refractivity contribution is 7.93. The number of halogens is 4. The van der Waals surface area contributed by atoms with Gasteiger partial charge in [-0.15, -0.1) is 16.4 Å². The first-order chi connectivity index (χ1) is 15.8. The number of aliphatic hydroxyl groups is 1. The van der Waals surface area contributed by atoms with Crippen LogP contribution in [0, 0.1) is 5.82 Å². The van der Waals surface area contributed by atoms with E-state index in [4.69, 9.17) is 0 Å². The largest absolute Gasteiger partial charge is 0.423 e. The molecule has 4 aromatic rings. The maximum absolute atomic E-state index is 13.4. The molecule has 0 spiro atoms. The van der Waals surface area contributed by atoms with E-state index < -0.39 is 39.5 Å². The highest BCUT2D eigenvalue weighted by atomic mass is 32.2. The fourth-order valence-electron chi connectivity index (χ4n) is 3.65. The van der Waals surface area contributed by atoms with Crippen molar-refractivity contribution in [2.75, 3.05) is 6.26 Å². The van der Waals surface area contributed by atoms with Crippen LogP contribution in [-0.2, 0) is 22.0 Å². The average molecular weight is 514 g/mol. The second-order valence-corrected chi connectivity index (χ2v) is 11.2. The van der Waals surface area contributed by atoms with Gasteiger partial charge in [-0.2, -0.15) is 13.2 Å². The van der Waals surface area contributed by atoms with Crippen LogP contribution in [0.2, 0.25) is 0 Å². The predicted molar refractivity (Wildman–Crippen MR) is 120 cm³/mol. The monoisotopic (exact) mass is 513 g/mol. The van der Waals surface area contributed by atoms with E-state index in [-0.39, 0.29) is 10.8 Å². The number of fused-ring (bicyclic) bond motifs is 1. The Morgan fingerprint density at radius 3 is 2.38 bits per heavy atom. The van der Waals surface area contributed by atoms with Gasteiger partial charge in [0, 0.05) is 21.9 Å². The fraction of sp³-hybridized carbons (Fsp3) is 0.273. The molecular formula is C22H19F4N3O3S2. The molecule has 0 bridgehead atoms. The van der Waals surface area contributed by atoms with Gasteiger partial charge in [-0.1, -0.05) is 36.4 Å². The van der Waals surface area contributed by atoms with E-state index in [1.54, 1.807) is 18.2 Å². The van der Waals surface area contributed by atoms with Gasteiger partial charge in [0.1, 0.15) is 15.7 Å². The number of benzene rings is 2. The third-order valence-electron chi connectivity index (χ3n) is 5.48. The van der Waals surface area contributed by atoms with E-state index >= 15 is 0 Å². The first kappa shape index (κ1) is 24.3. The third kappa shape index (κ3) is 4.32. The molecule has 12 heteroatoms. The van der Waals surface area contributed by atoms with Crippen molar-refractivity contribution < 1.29 is 31.1 Å². The number of sulfone groups is 1. The SMILES string of the molecule is CCC(O)(c1cn(Cc2ccc3c(-c4ccc(F)cc4)c(S(C)(=O)=O)sc3c2)nn1)C(F)(F)F. The summed E-state index contributed by atoms with van der Waals surface area (Å²) in [5.41, 5.74) is -2.04. The molecule has 2 heterocycles. The lowest BCUT2D eigenvalue weighted by Crippen LogP contribution is -2.42. The van der Waals surface area contributed by atoms with Gasteiger partial charge >= 0.3 is 6.18 Å². The minimum atomic E-state index is -4.91. The zero-order valence-electron chi connectivity index (χ0n) is 18.0. The van der Waals surface area contributed by atoms with E-state index in [0.29, 0.717) is 26.8 Å². The maximum atomic E-state index is 13.4. The second-order valence-electron chi connectivity index (χ2n) is 7.89. The number of thiophene rings is 1. The first-order valence-corrected chi connectivity index (χ1v) is 12.8. The van der Waals surface area contributed by atoms with Crippen LogP contribution in [0.4, 0.5) is 17.6 Å². The molecule has 2 aromatic carbocycles. The van der Waals surface area contributed by atoms with Crippen molar-refractivity contribution in [1.82, 2.24) is 15.0 Å². The van der Waals surface area contributed by atoms with Crippen LogP contribution >= 0.6 is 11.3 Å². The second kappa shape index (κ2) is 8.43. The Morgan fingerprint density at radius 1 is 1.12 bits per heavy atom. The number of hydrogen-bond acceptors (Lipinski definition) is 6. The lowest BCUT2D eigenvalue weighted by Gasteiger charge is -2.26. The smallest absolute Gasteiger partial charge is 0.375 e. The van der Waals surface area contributed by atoms with Crippen molar-refractivity contribution in [1.29, 1.82) is 0 Å². The molecule has 180 valence electrons. The fourth-order valence-corrected chi connectivity index (χ4v) is 6.14. The number of rotatable bonds is 6. The van der Waals surface area contributed by atoms with Gasteiger partial charge in [0.15, 0.2) is 9.84 Å². The summed E-state index contributed by atoms with van der Waals surface area (Å²) in [5.74, 6) is -0.445. The van der Waals surface area contributed by atoms with Crippen LogP contribution in [0.25, 0.3) is 21.2 Å². The summed E-state index contributed by atoms with van der Waals surface area (Å²) in [4.78, 5) is 0. The number of alkyl halides is 3. The molecule has 6 nitrogen and oxygen atoms in total. The van der Waals surface area contributed by atoms with Crippen molar-refractivity contribution in [2.45, 2.75) is 35.9 Å². The lowest BCUT2D eigenvalue weighted by atomic mass is 9.96. The summed E-state index contributed by atoms with van der Waals surface area (Å²) in [7, 11) is -3.59. The van der Waals surface area contributed by atoms with E-state index in [9.17, 15) is 31.1 Å². The molecule has 0 aliphatic rings.